The van der Waals surface area contributed by atoms with Crippen LogP contribution in [0.3, 0.4) is 0 Å². The lowest BCUT2D eigenvalue weighted by atomic mass is 9.85. The van der Waals surface area contributed by atoms with Crippen LogP contribution in [0.15, 0.2) is 5.38 Å². The monoisotopic (exact) mass is 296 g/mol. The fraction of sp³-hybridized carbons (Fsp3) is 0.812. The second-order valence-electron chi connectivity index (χ2n) is 5.99. The average molecular weight is 296 g/mol. The molecule has 1 atom stereocenters. The minimum atomic E-state index is 0.220. The summed E-state index contributed by atoms with van der Waals surface area (Å²) in [6.07, 6.45) is 6.89. The van der Waals surface area contributed by atoms with E-state index in [1.807, 2.05) is 0 Å². The van der Waals surface area contributed by atoms with Crippen LogP contribution >= 0.6 is 11.3 Å². The molecule has 0 saturated heterocycles. The Morgan fingerprint density at radius 1 is 1.35 bits per heavy atom. The fourth-order valence-electron chi connectivity index (χ4n) is 2.87. The first-order valence-electron chi connectivity index (χ1n) is 8.00. The van der Waals surface area contributed by atoms with Crippen LogP contribution in [0.5, 0.6) is 0 Å². The maximum Gasteiger partial charge on any atom is 0.122 e. The standard InChI is InChI=1S/C16H28N2OS/c1-4-19-15(13-8-6-5-7-9-13)16-18-14(11-20-16)10-17-12(2)3/h11-13,15,17H,4-10H2,1-3H3. The molecule has 1 fully saturated rings. The molecule has 1 heterocycles. The van der Waals surface area contributed by atoms with E-state index in [-0.39, 0.29) is 6.10 Å². The number of thiazole rings is 1. The Hall–Kier alpha value is -0.450. The van der Waals surface area contributed by atoms with Gasteiger partial charge in [-0.25, -0.2) is 4.98 Å². The number of rotatable bonds is 7. The maximum atomic E-state index is 6.03. The number of ether oxygens (including phenoxy) is 1. The van der Waals surface area contributed by atoms with Crippen LogP contribution in [0.4, 0.5) is 0 Å². The molecule has 0 bridgehead atoms. The van der Waals surface area contributed by atoms with E-state index < -0.39 is 0 Å². The van der Waals surface area contributed by atoms with E-state index in [0.29, 0.717) is 12.0 Å². The molecule has 0 aliphatic heterocycles. The quantitative estimate of drug-likeness (QED) is 0.814. The summed E-state index contributed by atoms with van der Waals surface area (Å²) in [6.45, 7) is 8.05. The summed E-state index contributed by atoms with van der Waals surface area (Å²) < 4.78 is 6.03. The molecule has 1 saturated carbocycles. The fourth-order valence-corrected chi connectivity index (χ4v) is 3.83. The minimum absolute atomic E-state index is 0.220. The molecular weight excluding hydrogens is 268 g/mol. The lowest BCUT2D eigenvalue weighted by Crippen LogP contribution is -2.22. The summed E-state index contributed by atoms with van der Waals surface area (Å²) >= 11 is 1.77. The Kier molecular flexibility index (Phi) is 6.46. The Morgan fingerprint density at radius 3 is 2.75 bits per heavy atom. The summed E-state index contributed by atoms with van der Waals surface area (Å²) in [6, 6.07) is 0.501. The van der Waals surface area contributed by atoms with E-state index >= 15 is 0 Å². The van der Waals surface area contributed by atoms with Gasteiger partial charge in [-0.3, -0.25) is 0 Å². The summed E-state index contributed by atoms with van der Waals surface area (Å²) in [5.41, 5.74) is 1.15. The summed E-state index contributed by atoms with van der Waals surface area (Å²) in [7, 11) is 0. The van der Waals surface area contributed by atoms with Crippen molar-refractivity contribution in [3.63, 3.8) is 0 Å². The first-order chi connectivity index (χ1) is 9.70. The number of aromatic nitrogens is 1. The summed E-state index contributed by atoms with van der Waals surface area (Å²) in [5.74, 6) is 0.667. The van der Waals surface area contributed by atoms with Gasteiger partial charge in [0, 0.05) is 24.6 Å². The number of hydrogen-bond donors (Lipinski definition) is 1. The normalized spacial score (nSPS) is 18.6. The molecule has 1 N–H and O–H groups in total. The van der Waals surface area contributed by atoms with Crippen LogP contribution in [0.1, 0.15) is 69.7 Å². The maximum absolute atomic E-state index is 6.03. The van der Waals surface area contributed by atoms with E-state index in [2.05, 4.69) is 31.5 Å². The van der Waals surface area contributed by atoms with Gasteiger partial charge in [-0.2, -0.15) is 0 Å². The Bertz CT molecular complexity index is 386. The van der Waals surface area contributed by atoms with Crippen molar-refractivity contribution in [2.45, 2.75) is 71.6 Å². The first kappa shape index (κ1) is 15.9. The van der Waals surface area contributed by atoms with Crippen LogP contribution in [0, 0.1) is 5.92 Å². The molecule has 4 heteroatoms. The molecular formula is C16H28N2OS. The Balaban J connectivity index is 2.00. The second kappa shape index (κ2) is 8.11. The Morgan fingerprint density at radius 2 is 2.10 bits per heavy atom. The van der Waals surface area contributed by atoms with Crippen LogP contribution in [0.2, 0.25) is 0 Å². The SMILES string of the molecule is CCOC(c1nc(CNC(C)C)cs1)C1CCCCC1. The van der Waals surface area contributed by atoms with Crippen LogP contribution in [0.25, 0.3) is 0 Å². The molecule has 1 aliphatic rings. The number of nitrogens with zero attached hydrogens (tertiary/aromatic N) is 1. The average Bonchev–Trinajstić information content (AvgIpc) is 2.92. The van der Waals surface area contributed by atoms with Crippen molar-refractivity contribution in [3.05, 3.63) is 16.1 Å². The number of nitrogens with one attached hydrogen (secondary N) is 1. The zero-order chi connectivity index (χ0) is 14.4. The molecule has 0 aromatic carbocycles. The molecule has 1 aromatic heterocycles. The summed E-state index contributed by atoms with van der Waals surface area (Å²) in [5, 5.41) is 6.79. The third-order valence-corrected chi connectivity index (χ3v) is 4.88. The highest BCUT2D eigenvalue weighted by Gasteiger charge is 2.27. The van der Waals surface area contributed by atoms with E-state index in [1.165, 1.54) is 37.1 Å². The van der Waals surface area contributed by atoms with Gasteiger partial charge in [0.15, 0.2) is 0 Å². The smallest absolute Gasteiger partial charge is 0.122 e. The third kappa shape index (κ3) is 4.54. The van der Waals surface area contributed by atoms with Gasteiger partial charge in [0.25, 0.3) is 0 Å². The molecule has 20 heavy (non-hydrogen) atoms. The highest BCUT2D eigenvalue weighted by Crippen LogP contribution is 2.37. The van der Waals surface area contributed by atoms with Crippen molar-refractivity contribution in [1.29, 1.82) is 0 Å². The minimum Gasteiger partial charge on any atom is -0.371 e. The lowest BCUT2D eigenvalue weighted by molar-refractivity contribution is 0.00542. The van der Waals surface area contributed by atoms with Gasteiger partial charge in [0.1, 0.15) is 11.1 Å². The molecule has 0 spiro atoms. The van der Waals surface area contributed by atoms with Gasteiger partial charge >= 0.3 is 0 Å². The molecule has 0 radical (unpaired) electrons. The van der Waals surface area contributed by atoms with Crippen molar-refractivity contribution in [2.75, 3.05) is 6.61 Å². The molecule has 114 valence electrons. The molecule has 1 aliphatic carbocycles. The zero-order valence-corrected chi connectivity index (χ0v) is 13.8. The Labute approximate surface area is 127 Å². The largest absolute Gasteiger partial charge is 0.371 e. The van der Waals surface area contributed by atoms with E-state index in [4.69, 9.17) is 9.72 Å². The van der Waals surface area contributed by atoms with Gasteiger partial charge < -0.3 is 10.1 Å². The molecule has 3 nitrogen and oxygen atoms in total. The third-order valence-electron chi connectivity index (χ3n) is 3.93. The van der Waals surface area contributed by atoms with Crippen molar-refractivity contribution < 1.29 is 4.74 Å². The number of hydrogen-bond acceptors (Lipinski definition) is 4. The van der Waals surface area contributed by atoms with Gasteiger partial charge in [0.2, 0.25) is 0 Å². The van der Waals surface area contributed by atoms with Crippen LogP contribution < -0.4 is 5.32 Å². The van der Waals surface area contributed by atoms with E-state index in [1.54, 1.807) is 11.3 Å². The topological polar surface area (TPSA) is 34.1 Å². The predicted octanol–water partition coefficient (Wildman–Crippen LogP) is 4.30. The van der Waals surface area contributed by atoms with Crippen molar-refractivity contribution in [1.82, 2.24) is 10.3 Å². The molecule has 0 amide bonds. The predicted molar refractivity (Wildman–Crippen MR) is 85.0 cm³/mol. The van der Waals surface area contributed by atoms with E-state index in [9.17, 15) is 0 Å². The van der Waals surface area contributed by atoms with Gasteiger partial charge in [-0.15, -0.1) is 11.3 Å². The van der Waals surface area contributed by atoms with Gasteiger partial charge in [0.05, 0.1) is 5.69 Å². The highest BCUT2D eigenvalue weighted by molar-refractivity contribution is 7.09. The van der Waals surface area contributed by atoms with Crippen molar-refractivity contribution in [2.24, 2.45) is 5.92 Å². The molecule has 1 unspecified atom stereocenters. The second-order valence-corrected chi connectivity index (χ2v) is 6.88. The van der Waals surface area contributed by atoms with Crippen LogP contribution in [-0.2, 0) is 11.3 Å². The van der Waals surface area contributed by atoms with Crippen molar-refractivity contribution >= 4 is 11.3 Å². The van der Waals surface area contributed by atoms with Gasteiger partial charge in [-0.1, -0.05) is 33.1 Å². The summed E-state index contributed by atoms with van der Waals surface area (Å²) in [4.78, 5) is 4.81. The first-order valence-corrected chi connectivity index (χ1v) is 8.88. The zero-order valence-electron chi connectivity index (χ0n) is 13.0. The van der Waals surface area contributed by atoms with Gasteiger partial charge in [-0.05, 0) is 25.7 Å². The molecule has 2 rings (SSSR count). The van der Waals surface area contributed by atoms with Crippen molar-refractivity contribution in [3.8, 4) is 0 Å². The molecule has 1 aromatic rings. The van der Waals surface area contributed by atoms with Crippen LogP contribution in [-0.4, -0.2) is 17.6 Å². The van der Waals surface area contributed by atoms with E-state index in [0.717, 1.165) is 18.8 Å². The lowest BCUT2D eigenvalue weighted by Gasteiger charge is -2.28. The highest BCUT2D eigenvalue weighted by atomic mass is 32.1.